The van der Waals surface area contributed by atoms with E-state index in [0.29, 0.717) is 12.6 Å². The van der Waals surface area contributed by atoms with Crippen LogP contribution >= 0.6 is 0 Å². The number of nitrogens with zero attached hydrogens (tertiary/aromatic N) is 2. The van der Waals surface area contributed by atoms with Crippen LogP contribution in [0, 0.1) is 0 Å². The standard InChI is InChI=1S/C14H29N3O/c1-12(9-14(2,18)11-15)17-8-5-13(10-17)16-6-3-4-7-16/h12-13,18H,3-11,15H2,1-2H3. The van der Waals surface area contributed by atoms with Crippen molar-refractivity contribution < 1.29 is 5.11 Å². The van der Waals surface area contributed by atoms with Crippen molar-refractivity contribution in [2.75, 3.05) is 32.7 Å². The van der Waals surface area contributed by atoms with Gasteiger partial charge in [-0.25, -0.2) is 0 Å². The molecular formula is C14H29N3O. The molecule has 0 amide bonds. The fourth-order valence-corrected chi connectivity index (χ4v) is 3.42. The molecule has 0 aliphatic carbocycles. The molecule has 2 aliphatic heterocycles. The summed E-state index contributed by atoms with van der Waals surface area (Å²) in [5, 5.41) is 10.1. The van der Waals surface area contributed by atoms with Gasteiger partial charge in [-0.1, -0.05) is 0 Å². The van der Waals surface area contributed by atoms with Crippen molar-refractivity contribution in [3.63, 3.8) is 0 Å². The highest BCUT2D eigenvalue weighted by molar-refractivity contribution is 4.89. The van der Waals surface area contributed by atoms with E-state index < -0.39 is 5.60 Å². The number of hydrogen-bond donors (Lipinski definition) is 2. The second-order valence-corrected chi connectivity index (χ2v) is 6.43. The van der Waals surface area contributed by atoms with Gasteiger partial charge in [0.2, 0.25) is 0 Å². The van der Waals surface area contributed by atoms with E-state index in [9.17, 15) is 5.11 Å². The maximum Gasteiger partial charge on any atom is 0.0756 e. The van der Waals surface area contributed by atoms with Gasteiger partial charge in [-0.2, -0.15) is 0 Å². The van der Waals surface area contributed by atoms with Crippen LogP contribution < -0.4 is 5.73 Å². The summed E-state index contributed by atoms with van der Waals surface area (Å²) < 4.78 is 0. The molecule has 2 rings (SSSR count). The predicted octanol–water partition coefficient (Wildman–Crippen LogP) is 0.645. The Kier molecular flexibility index (Phi) is 4.64. The lowest BCUT2D eigenvalue weighted by Gasteiger charge is -2.32. The zero-order chi connectivity index (χ0) is 13.2. The Morgan fingerprint density at radius 1 is 1.33 bits per heavy atom. The van der Waals surface area contributed by atoms with Gasteiger partial charge in [0.1, 0.15) is 0 Å². The first-order valence-electron chi connectivity index (χ1n) is 7.42. The number of hydrogen-bond acceptors (Lipinski definition) is 4. The molecule has 106 valence electrons. The van der Waals surface area contributed by atoms with Gasteiger partial charge in [0.15, 0.2) is 0 Å². The van der Waals surface area contributed by atoms with Crippen molar-refractivity contribution in [3.05, 3.63) is 0 Å². The molecule has 18 heavy (non-hydrogen) atoms. The van der Waals surface area contributed by atoms with Crippen LogP contribution in [0.3, 0.4) is 0 Å². The zero-order valence-electron chi connectivity index (χ0n) is 11.9. The van der Waals surface area contributed by atoms with Crippen molar-refractivity contribution in [3.8, 4) is 0 Å². The molecule has 0 saturated carbocycles. The van der Waals surface area contributed by atoms with Gasteiger partial charge in [-0.15, -0.1) is 0 Å². The van der Waals surface area contributed by atoms with Crippen LogP contribution in [0.2, 0.25) is 0 Å². The van der Waals surface area contributed by atoms with E-state index in [4.69, 9.17) is 5.73 Å². The minimum absolute atomic E-state index is 0.348. The zero-order valence-corrected chi connectivity index (χ0v) is 11.9. The SMILES string of the molecule is CC(CC(C)(O)CN)N1CCC(N2CCCC2)C1. The second kappa shape index (κ2) is 5.87. The van der Waals surface area contributed by atoms with Gasteiger partial charge in [0.05, 0.1) is 5.60 Å². The molecule has 0 bridgehead atoms. The number of nitrogens with two attached hydrogens (primary N) is 1. The van der Waals surface area contributed by atoms with Crippen LogP contribution in [0.4, 0.5) is 0 Å². The van der Waals surface area contributed by atoms with E-state index in [1.165, 1.54) is 45.4 Å². The van der Waals surface area contributed by atoms with E-state index in [2.05, 4.69) is 16.7 Å². The topological polar surface area (TPSA) is 52.7 Å². The fourth-order valence-electron chi connectivity index (χ4n) is 3.42. The summed E-state index contributed by atoms with van der Waals surface area (Å²) in [5.74, 6) is 0. The first-order valence-corrected chi connectivity index (χ1v) is 7.42. The van der Waals surface area contributed by atoms with E-state index in [1.54, 1.807) is 0 Å². The second-order valence-electron chi connectivity index (χ2n) is 6.43. The highest BCUT2D eigenvalue weighted by Crippen LogP contribution is 2.24. The maximum absolute atomic E-state index is 10.1. The summed E-state index contributed by atoms with van der Waals surface area (Å²) >= 11 is 0. The number of aliphatic hydroxyl groups is 1. The lowest BCUT2D eigenvalue weighted by atomic mass is 9.97. The Balaban J connectivity index is 1.80. The van der Waals surface area contributed by atoms with E-state index in [0.717, 1.165) is 12.5 Å². The monoisotopic (exact) mass is 255 g/mol. The molecular weight excluding hydrogens is 226 g/mol. The van der Waals surface area contributed by atoms with Crippen molar-refractivity contribution in [2.45, 2.75) is 57.2 Å². The van der Waals surface area contributed by atoms with Crippen LogP contribution in [0.1, 0.15) is 39.5 Å². The molecule has 2 saturated heterocycles. The van der Waals surface area contributed by atoms with Gasteiger partial charge >= 0.3 is 0 Å². The van der Waals surface area contributed by atoms with Crippen LogP contribution in [0.25, 0.3) is 0 Å². The fraction of sp³-hybridized carbons (Fsp3) is 1.00. The molecule has 0 aromatic carbocycles. The summed E-state index contributed by atoms with van der Waals surface area (Å²) in [7, 11) is 0. The molecule has 0 radical (unpaired) electrons. The Hall–Kier alpha value is -0.160. The maximum atomic E-state index is 10.1. The van der Waals surface area contributed by atoms with Gasteiger partial charge in [0, 0.05) is 31.7 Å². The molecule has 2 heterocycles. The third kappa shape index (κ3) is 3.44. The largest absolute Gasteiger partial charge is 0.389 e. The molecule has 3 unspecified atom stereocenters. The highest BCUT2D eigenvalue weighted by Gasteiger charge is 2.33. The quantitative estimate of drug-likeness (QED) is 0.757. The number of likely N-dealkylation sites (tertiary alicyclic amines) is 2. The van der Waals surface area contributed by atoms with Crippen LogP contribution in [-0.4, -0.2) is 65.3 Å². The average Bonchev–Trinajstić information content (AvgIpc) is 2.99. The normalized spacial score (nSPS) is 31.7. The van der Waals surface area contributed by atoms with Crippen molar-refractivity contribution in [1.29, 1.82) is 0 Å². The van der Waals surface area contributed by atoms with E-state index in [1.807, 2.05) is 6.92 Å². The Bertz CT molecular complexity index is 264. The first kappa shape index (κ1) is 14.3. The predicted molar refractivity (Wildman–Crippen MR) is 74.5 cm³/mol. The molecule has 0 spiro atoms. The van der Waals surface area contributed by atoms with Gasteiger partial charge < -0.3 is 10.8 Å². The van der Waals surface area contributed by atoms with Crippen molar-refractivity contribution >= 4 is 0 Å². The molecule has 3 N–H and O–H groups in total. The van der Waals surface area contributed by atoms with Crippen molar-refractivity contribution in [1.82, 2.24) is 9.80 Å². The Morgan fingerprint density at radius 2 is 2.00 bits per heavy atom. The summed E-state index contributed by atoms with van der Waals surface area (Å²) in [6.07, 6.45) is 4.80. The van der Waals surface area contributed by atoms with E-state index in [-0.39, 0.29) is 0 Å². The molecule has 2 aliphatic rings. The third-order valence-electron chi connectivity index (χ3n) is 4.65. The molecule has 4 nitrogen and oxygen atoms in total. The summed E-state index contributed by atoms with van der Waals surface area (Å²) in [6, 6.07) is 1.17. The van der Waals surface area contributed by atoms with Crippen LogP contribution in [0.5, 0.6) is 0 Å². The summed E-state index contributed by atoms with van der Waals surface area (Å²) in [6.45, 7) is 9.32. The minimum Gasteiger partial charge on any atom is -0.389 e. The molecule has 0 aromatic heterocycles. The van der Waals surface area contributed by atoms with Crippen LogP contribution in [0.15, 0.2) is 0 Å². The molecule has 2 fully saturated rings. The highest BCUT2D eigenvalue weighted by atomic mass is 16.3. The Morgan fingerprint density at radius 3 is 2.61 bits per heavy atom. The summed E-state index contributed by atoms with van der Waals surface area (Å²) in [4.78, 5) is 5.17. The third-order valence-corrected chi connectivity index (χ3v) is 4.65. The van der Waals surface area contributed by atoms with Gasteiger partial charge in [-0.05, 0) is 52.6 Å². The molecule has 0 aromatic rings. The lowest BCUT2D eigenvalue weighted by molar-refractivity contribution is 0.0319. The first-order chi connectivity index (χ1) is 8.52. The number of rotatable bonds is 5. The molecule has 3 atom stereocenters. The van der Waals surface area contributed by atoms with Gasteiger partial charge in [-0.3, -0.25) is 9.80 Å². The Labute approximate surface area is 111 Å². The summed E-state index contributed by atoms with van der Waals surface area (Å²) in [5.41, 5.74) is 4.89. The van der Waals surface area contributed by atoms with Gasteiger partial charge in [0.25, 0.3) is 0 Å². The lowest BCUT2D eigenvalue weighted by Crippen LogP contribution is -2.44. The van der Waals surface area contributed by atoms with Crippen molar-refractivity contribution in [2.24, 2.45) is 5.73 Å². The average molecular weight is 255 g/mol. The van der Waals surface area contributed by atoms with E-state index >= 15 is 0 Å². The van der Waals surface area contributed by atoms with Crippen LogP contribution in [-0.2, 0) is 0 Å². The molecule has 4 heteroatoms. The minimum atomic E-state index is -0.717. The smallest absolute Gasteiger partial charge is 0.0756 e.